The molecule has 0 bridgehead atoms. The van der Waals surface area contributed by atoms with Gasteiger partial charge in [0.2, 0.25) is 5.91 Å². The number of hydrogen-bond donors (Lipinski definition) is 1. The Morgan fingerprint density at radius 1 is 1.29 bits per heavy atom. The number of likely N-dealkylation sites (N-methyl/N-ethyl adjacent to an activating group) is 1. The van der Waals surface area contributed by atoms with Gasteiger partial charge in [-0.2, -0.15) is 0 Å². The summed E-state index contributed by atoms with van der Waals surface area (Å²) in [6, 6.07) is 13.0. The fourth-order valence-corrected chi connectivity index (χ4v) is 2.58. The Bertz CT molecular complexity index is 718. The molecule has 2 rings (SSSR count). The molecule has 0 saturated carbocycles. The average Bonchev–Trinajstić information content (AvgIpc) is 2.56. The minimum atomic E-state index is -0.298. The van der Waals surface area contributed by atoms with Crippen molar-refractivity contribution in [1.29, 1.82) is 0 Å². The molecule has 0 saturated heterocycles. The Morgan fingerprint density at radius 3 is 2.67 bits per heavy atom. The van der Waals surface area contributed by atoms with E-state index in [9.17, 15) is 4.79 Å². The van der Waals surface area contributed by atoms with Crippen LogP contribution in [0, 0.1) is 6.92 Å². The maximum atomic E-state index is 12.6. The van der Waals surface area contributed by atoms with Crippen molar-refractivity contribution in [2.45, 2.75) is 26.4 Å². The fraction of sp³-hybridized carbons (Fsp3) is 0.316. The lowest BCUT2D eigenvalue weighted by Gasteiger charge is -2.25. The third-order valence-corrected chi connectivity index (χ3v) is 4.38. The molecule has 0 heterocycles. The Hall–Kier alpha value is -2.04. The van der Waals surface area contributed by atoms with E-state index in [-0.39, 0.29) is 11.9 Å². The lowest BCUT2D eigenvalue weighted by atomic mass is 10.1. The number of hydrogen-bond acceptors (Lipinski definition) is 3. The minimum absolute atomic E-state index is 0.105. The van der Waals surface area contributed by atoms with E-state index < -0.39 is 0 Å². The second-order valence-electron chi connectivity index (χ2n) is 5.85. The molecule has 128 valence electrons. The standard InChI is InChI=1S/C19H23ClN2O2/c1-13-7-5-6-8-15(13)12-22(3)14(2)19(23)21-17-11-16(20)9-10-18(17)24-4/h5-11,14H,12H2,1-4H3,(H,21,23)/t14-/m0/s1. The largest absolute Gasteiger partial charge is 0.495 e. The number of nitrogens with zero attached hydrogens (tertiary/aromatic N) is 1. The number of aryl methyl sites for hydroxylation is 1. The van der Waals surface area contributed by atoms with Gasteiger partial charge in [-0.3, -0.25) is 9.69 Å². The smallest absolute Gasteiger partial charge is 0.241 e. The number of carbonyl (C=O) groups is 1. The van der Waals surface area contributed by atoms with Crippen LogP contribution in [0.3, 0.4) is 0 Å². The van der Waals surface area contributed by atoms with Gasteiger partial charge in [0, 0.05) is 11.6 Å². The van der Waals surface area contributed by atoms with E-state index in [0.717, 1.165) is 0 Å². The van der Waals surface area contributed by atoms with Crippen LogP contribution in [-0.2, 0) is 11.3 Å². The number of amides is 1. The fourth-order valence-electron chi connectivity index (χ4n) is 2.41. The van der Waals surface area contributed by atoms with Gasteiger partial charge in [0.05, 0.1) is 18.8 Å². The SMILES string of the molecule is COc1ccc(Cl)cc1NC(=O)[C@H](C)N(C)Cc1ccccc1C. The Kier molecular flexibility index (Phi) is 6.23. The highest BCUT2D eigenvalue weighted by Gasteiger charge is 2.20. The van der Waals surface area contributed by atoms with Gasteiger partial charge in [-0.25, -0.2) is 0 Å². The quantitative estimate of drug-likeness (QED) is 0.855. The molecule has 0 aliphatic heterocycles. The van der Waals surface area contributed by atoms with Gasteiger partial charge in [0.15, 0.2) is 0 Å². The summed E-state index contributed by atoms with van der Waals surface area (Å²) in [4.78, 5) is 14.6. The summed E-state index contributed by atoms with van der Waals surface area (Å²) in [6.07, 6.45) is 0. The summed E-state index contributed by atoms with van der Waals surface area (Å²) in [5.74, 6) is 0.480. The third kappa shape index (κ3) is 4.49. The van der Waals surface area contributed by atoms with E-state index in [0.29, 0.717) is 23.0 Å². The number of carbonyl (C=O) groups excluding carboxylic acids is 1. The lowest BCUT2D eigenvalue weighted by molar-refractivity contribution is -0.120. The van der Waals surface area contributed by atoms with E-state index in [1.165, 1.54) is 11.1 Å². The summed E-state index contributed by atoms with van der Waals surface area (Å²) >= 11 is 6.01. The van der Waals surface area contributed by atoms with Crippen LogP contribution in [0.2, 0.25) is 5.02 Å². The average molecular weight is 347 g/mol. The zero-order valence-electron chi connectivity index (χ0n) is 14.5. The second kappa shape index (κ2) is 8.18. The van der Waals surface area contributed by atoms with E-state index in [4.69, 9.17) is 16.3 Å². The molecule has 0 aliphatic carbocycles. The van der Waals surface area contributed by atoms with Crippen molar-refractivity contribution in [3.05, 3.63) is 58.6 Å². The van der Waals surface area contributed by atoms with Crippen molar-refractivity contribution in [2.75, 3.05) is 19.5 Å². The Balaban J connectivity index is 2.06. The van der Waals surface area contributed by atoms with E-state index >= 15 is 0 Å². The first-order valence-corrected chi connectivity index (χ1v) is 8.19. The number of ether oxygens (including phenoxy) is 1. The van der Waals surface area contributed by atoms with Gasteiger partial charge < -0.3 is 10.1 Å². The van der Waals surface area contributed by atoms with Crippen molar-refractivity contribution in [3.63, 3.8) is 0 Å². The summed E-state index contributed by atoms with van der Waals surface area (Å²) in [5, 5.41) is 3.44. The van der Waals surface area contributed by atoms with Gasteiger partial charge in [-0.1, -0.05) is 35.9 Å². The first-order chi connectivity index (χ1) is 11.4. The molecule has 1 atom stereocenters. The molecule has 24 heavy (non-hydrogen) atoms. The highest BCUT2D eigenvalue weighted by molar-refractivity contribution is 6.31. The predicted octanol–water partition coefficient (Wildman–Crippen LogP) is 4.12. The van der Waals surface area contributed by atoms with Crippen LogP contribution in [0.5, 0.6) is 5.75 Å². The van der Waals surface area contributed by atoms with Crippen molar-refractivity contribution in [1.82, 2.24) is 4.90 Å². The molecule has 1 N–H and O–H groups in total. The number of methoxy groups -OCH3 is 1. The van der Waals surface area contributed by atoms with Crippen LogP contribution < -0.4 is 10.1 Å². The summed E-state index contributed by atoms with van der Waals surface area (Å²) in [6.45, 7) is 4.66. The summed E-state index contributed by atoms with van der Waals surface area (Å²) < 4.78 is 5.27. The van der Waals surface area contributed by atoms with Gasteiger partial charge in [-0.15, -0.1) is 0 Å². The first kappa shape index (κ1) is 18.3. The topological polar surface area (TPSA) is 41.6 Å². The van der Waals surface area contributed by atoms with Gasteiger partial charge >= 0.3 is 0 Å². The van der Waals surface area contributed by atoms with Gasteiger partial charge in [0.1, 0.15) is 5.75 Å². The van der Waals surface area contributed by atoms with Crippen molar-refractivity contribution in [3.8, 4) is 5.75 Å². The third-order valence-electron chi connectivity index (χ3n) is 4.14. The van der Waals surface area contributed by atoms with E-state index in [2.05, 4.69) is 24.4 Å². The molecule has 1 amide bonds. The molecule has 2 aromatic rings. The maximum Gasteiger partial charge on any atom is 0.241 e. The first-order valence-electron chi connectivity index (χ1n) is 7.81. The Morgan fingerprint density at radius 2 is 2.00 bits per heavy atom. The molecule has 0 aromatic heterocycles. The van der Waals surface area contributed by atoms with Gasteiger partial charge in [-0.05, 0) is 50.2 Å². The Labute approximate surface area is 148 Å². The van der Waals surface area contributed by atoms with Crippen molar-refractivity contribution in [2.24, 2.45) is 0 Å². The van der Waals surface area contributed by atoms with Crippen LogP contribution in [0.1, 0.15) is 18.1 Å². The number of nitrogens with one attached hydrogen (secondary N) is 1. The minimum Gasteiger partial charge on any atom is -0.495 e. The van der Waals surface area contributed by atoms with Gasteiger partial charge in [0.25, 0.3) is 0 Å². The van der Waals surface area contributed by atoms with Crippen LogP contribution in [0.4, 0.5) is 5.69 Å². The molecular formula is C19H23ClN2O2. The molecule has 0 spiro atoms. The number of halogens is 1. The molecule has 0 unspecified atom stereocenters. The molecule has 0 radical (unpaired) electrons. The molecule has 2 aromatic carbocycles. The maximum absolute atomic E-state index is 12.6. The number of rotatable bonds is 6. The lowest BCUT2D eigenvalue weighted by Crippen LogP contribution is -2.39. The van der Waals surface area contributed by atoms with Crippen molar-refractivity contribution >= 4 is 23.2 Å². The molecular weight excluding hydrogens is 324 g/mol. The number of benzene rings is 2. The zero-order valence-corrected chi connectivity index (χ0v) is 15.2. The molecule has 0 fully saturated rings. The second-order valence-corrected chi connectivity index (χ2v) is 6.29. The summed E-state index contributed by atoms with van der Waals surface area (Å²) in [7, 11) is 3.50. The summed E-state index contributed by atoms with van der Waals surface area (Å²) in [5.41, 5.74) is 3.00. The normalized spacial score (nSPS) is 12.1. The van der Waals surface area contributed by atoms with Crippen LogP contribution >= 0.6 is 11.6 Å². The highest BCUT2D eigenvalue weighted by atomic mass is 35.5. The zero-order chi connectivity index (χ0) is 17.7. The monoisotopic (exact) mass is 346 g/mol. The van der Waals surface area contributed by atoms with E-state index in [1.807, 2.05) is 31.0 Å². The van der Waals surface area contributed by atoms with Crippen LogP contribution in [0.25, 0.3) is 0 Å². The van der Waals surface area contributed by atoms with E-state index in [1.54, 1.807) is 25.3 Å². The van der Waals surface area contributed by atoms with Crippen molar-refractivity contribution < 1.29 is 9.53 Å². The molecule has 4 nitrogen and oxygen atoms in total. The van der Waals surface area contributed by atoms with Crippen LogP contribution in [-0.4, -0.2) is 31.0 Å². The predicted molar refractivity (Wildman–Crippen MR) is 98.7 cm³/mol. The number of anilines is 1. The molecule has 0 aliphatic rings. The van der Waals surface area contributed by atoms with Crippen LogP contribution in [0.15, 0.2) is 42.5 Å². The molecule has 5 heteroatoms. The highest BCUT2D eigenvalue weighted by Crippen LogP contribution is 2.28.